The Morgan fingerprint density at radius 2 is 1.76 bits per heavy atom. The summed E-state index contributed by atoms with van der Waals surface area (Å²) in [4.78, 5) is 13.4. The van der Waals surface area contributed by atoms with Gasteiger partial charge in [0.05, 0.1) is 20.3 Å². The smallest absolute Gasteiger partial charge is 0.339 e. The number of carbonyl (C=O) groups is 1. The van der Waals surface area contributed by atoms with Crippen LogP contribution in [0.2, 0.25) is 0 Å². The number of carboxylic acid groups (broad SMARTS) is 1. The van der Waals surface area contributed by atoms with E-state index in [1.807, 2.05) is 6.07 Å². The number of aromatic carboxylic acids is 1. The van der Waals surface area contributed by atoms with Crippen molar-refractivity contribution in [1.82, 2.24) is 4.90 Å². The Morgan fingerprint density at radius 1 is 1.14 bits per heavy atom. The number of ether oxygens (including phenoxy) is 3. The van der Waals surface area contributed by atoms with Gasteiger partial charge in [0.15, 0.2) is 0 Å². The highest BCUT2D eigenvalue weighted by molar-refractivity contribution is 5.91. The van der Waals surface area contributed by atoms with Crippen LogP contribution in [-0.2, 0) is 16.0 Å². The van der Waals surface area contributed by atoms with Crippen molar-refractivity contribution in [2.45, 2.75) is 6.54 Å². The summed E-state index contributed by atoms with van der Waals surface area (Å²) in [6, 6.07) is 5.20. The highest BCUT2D eigenvalue weighted by Gasteiger charge is 2.13. The first-order valence-corrected chi connectivity index (χ1v) is 6.72. The van der Waals surface area contributed by atoms with Crippen LogP contribution < -0.4 is 4.74 Å². The van der Waals surface area contributed by atoms with Crippen LogP contribution in [0.25, 0.3) is 0 Å². The van der Waals surface area contributed by atoms with Crippen molar-refractivity contribution in [1.29, 1.82) is 0 Å². The lowest BCUT2D eigenvalue weighted by Crippen LogP contribution is -2.30. The fourth-order valence-electron chi connectivity index (χ4n) is 1.99. The number of nitrogens with zero attached hydrogens (tertiary/aromatic N) is 1. The Morgan fingerprint density at radius 3 is 2.24 bits per heavy atom. The lowest BCUT2D eigenvalue weighted by atomic mass is 10.1. The van der Waals surface area contributed by atoms with Gasteiger partial charge < -0.3 is 19.3 Å². The summed E-state index contributed by atoms with van der Waals surface area (Å²) in [5.74, 6) is -0.624. The van der Waals surface area contributed by atoms with Crippen molar-refractivity contribution < 1.29 is 24.1 Å². The highest BCUT2D eigenvalue weighted by Crippen LogP contribution is 2.20. The van der Waals surface area contributed by atoms with Gasteiger partial charge in [-0.25, -0.2) is 4.79 Å². The van der Waals surface area contributed by atoms with E-state index in [-0.39, 0.29) is 5.56 Å². The van der Waals surface area contributed by atoms with Crippen LogP contribution >= 0.6 is 0 Å². The molecule has 6 nitrogen and oxygen atoms in total. The van der Waals surface area contributed by atoms with Crippen molar-refractivity contribution in [2.75, 3.05) is 47.6 Å². The summed E-state index contributed by atoms with van der Waals surface area (Å²) in [5.41, 5.74) is 1.09. The molecular formula is C15H23NO5. The van der Waals surface area contributed by atoms with Gasteiger partial charge in [0.25, 0.3) is 0 Å². The van der Waals surface area contributed by atoms with Crippen LogP contribution in [0.3, 0.4) is 0 Å². The summed E-state index contributed by atoms with van der Waals surface area (Å²) < 4.78 is 15.2. The second-order valence-corrected chi connectivity index (χ2v) is 4.60. The third-order valence-corrected chi connectivity index (χ3v) is 3.12. The molecule has 0 aromatic heterocycles. The Balaban J connectivity index is 2.82. The third-order valence-electron chi connectivity index (χ3n) is 3.12. The third kappa shape index (κ3) is 5.71. The van der Waals surface area contributed by atoms with Crippen molar-refractivity contribution in [3.05, 3.63) is 29.3 Å². The fourth-order valence-corrected chi connectivity index (χ4v) is 1.99. The van der Waals surface area contributed by atoms with Crippen molar-refractivity contribution >= 4 is 5.97 Å². The molecule has 0 heterocycles. The molecule has 1 N–H and O–H groups in total. The Bertz CT molecular complexity index is 442. The maximum Gasteiger partial charge on any atom is 0.339 e. The predicted molar refractivity (Wildman–Crippen MR) is 79.0 cm³/mol. The molecule has 1 rings (SSSR count). The van der Waals surface area contributed by atoms with Crippen LogP contribution in [0.15, 0.2) is 18.2 Å². The van der Waals surface area contributed by atoms with Crippen molar-refractivity contribution in [3.8, 4) is 5.75 Å². The Hall–Kier alpha value is -1.63. The summed E-state index contributed by atoms with van der Waals surface area (Å²) in [6.45, 7) is 3.39. The van der Waals surface area contributed by atoms with Crippen LogP contribution in [0.1, 0.15) is 15.9 Å². The fraction of sp³-hybridized carbons (Fsp3) is 0.533. The summed E-state index contributed by atoms with van der Waals surface area (Å²) in [5, 5.41) is 9.20. The zero-order valence-electron chi connectivity index (χ0n) is 12.8. The van der Waals surface area contributed by atoms with Gasteiger partial charge in [-0.05, 0) is 17.7 Å². The average Bonchev–Trinajstić information content (AvgIpc) is 2.49. The number of rotatable bonds is 10. The largest absolute Gasteiger partial charge is 0.496 e. The molecule has 0 aliphatic heterocycles. The number of hydrogen-bond acceptors (Lipinski definition) is 5. The van der Waals surface area contributed by atoms with Crippen molar-refractivity contribution in [2.24, 2.45) is 0 Å². The van der Waals surface area contributed by atoms with Crippen LogP contribution in [0.5, 0.6) is 5.75 Å². The minimum Gasteiger partial charge on any atom is -0.496 e. The molecule has 0 radical (unpaired) electrons. The number of methoxy groups -OCH3 is 3. The SMILES string of the molecule is COCCN(CCOC)Cc1ccc(OC)c(C(=O)O)c1. The molecule has 0 bridgehead atoms. The first-order chi connectivity index (χ1) is 10.1. The number of carboxylic acids is 1. The normalized spacial score (nSPS) is 10.9. The lowest BCUT2D eigenvalue weighted by Gasteiger charge is -2.22. The van der Waals surface area contributed by atoms with E-state index >= 15 is 0 Å². The maximum absolute atomic E-state index is 11.2. The minimum atomic E-state index is -0.992. The molecule has 0 spiro atoms. The van der Waals surface area contributed by atoms with E-state index in [0.29, 0.717) is 25.5 Å². The van der Waals surface area contributed by atoms with Crippen molar-refractivity contribution in [3.63, 3.8) is 0 Å². The van der Waals surface area contributed by atoms with Gasteiger partial charge in [0, 0.05) is 33.9 Å². The van der Waals surface area contributed by atoms with Gasteiger partial charge in [0.2, 0.25) is 0 Å². The molecule has 21 heavy (non-hydrogen) atoms. The van der Waals surface area contributed by atoms with Crippen LogP contribution in [0, 0.1) is 0 Å². The molecule has 0 saturated carbocycles. The van der Waals surface area contributed by atoms with Crippen LogP contribution in [-0.4, -0.2) is 63.6 Å². The molecule has 1 aromatic carbocycles. The summed E-state index contributed by atoms with van der Waals surface area (Å²) in [7, 11) is 4.78. The zero-order valence-corrected chi connectivity index (χ0v) is 12.8. The van der Waals surface area contributed by atoms with E-state index in [2.05, 4.69) is 4.90 Å². The zero-order chi connectivity index (χ0) is 15.7. The number of hydrogen-bond donors (Lipinski definition) is 1. The molecule has 118 valence electrons. The van der Waals surface area contributed by atoms with E-state index in [4.69, 9.17) is 14.2 Å². The monoisotopic (exact) mass is 297 g/mol. The molecule has 0 aliphatic carbocycles. The molecule has 0 saturated heterocycles. The lowest BCUT2D eigenvalue weighted by molar-refractivity contribution is 0.0692. The maximum atomic E-state index is 11.2. The first kappa shape index (κ1) is 17.4. The van der Waals surface area contributed by atoms with Gasteiger partial charge >= 0.3 is 5.97 Å². The highest BCUT2D eigenvalue weighted by atomic mass is 16.5. The van der Waals surface area contributed by atoms with E-state index in [9.17, 15) is 9.90 Å². The topological polar surface area (TPSA) is 68.2 Å². The Kier molecular flexibility index (Phi) is 7.74. The minimum absolute atomic E-state index is 0.174. The molecular weight excluding hydrogens is 274 g/mol. The van der Waals surface area contributed by atoms with E-state index in [1.54, 1.807) is 26.4 Å². The molecule has 0 unspecified atom stereocenters. The second-order valence-electron chi connectivity index (χ2n) is 4.60. The summed E-state index contributed by atoms with van der Waals surface area (Å²) >= 11 is 0. The standard InChI is InChI=1S/C15H23NO5/c1-19-8-6-16(7-9-20-2)11-12-4-5-14(21-3)13(10-12)15(17)18/h4-5,10H,6-9,11H2,1-3H3,(H,17,18). The van der Waals surface area contributed by atoms with Gasteiger partial charge in [-0.1, -0.05) is 6.07 Å². The molecule has 0 aliphatic rings. The quantitative estimate of drug-likeness (QED) is 0.705. The van der Waals surface area contributed by atoms with Gasteiger partial charge in [-0.2, -0.15) is 0 Å². The molecule has 6 heteroatoms. The van der Waals surface area contributed by atoms with E-state index in [1.165, 1.54) is 7.11 Å². The van der Waals surface area contributed by atoms with Gasteiger partial charge in [0.1, 0.15) is 11.3 Å². The second kappa shape index (κ2) is 9.33. The van der Waals surface area contributed by atoms with Crippen LogP contribution in [0.4, 0.5) is 0 Å². The van der Waals surface area contributed by atoms with Gasteiger partial charge in [-0.3, -0.25) is 4.90 Å². The summed E-state index contributed by atoms with van der Waals surface area (Å²) in [6.07, 6.45) is 0. The molecule has 0 amide bonds. The van der Waals surface area contributed by atoms with Gasteiger partial charge in [-0.15, -0.1) is 0 Å². The average molecular weight is 297 g/mol. The molecule has 0 fully saturated rings. The molecule has 0 atom stereocenters. The molecule has 1 aromatic rings. The first-order valence-electron chi connectivity index (χ1n) is 6.72. The van der Waals surface area contributed by atoms with E-state index < -0.39 is 5.97 Å². The van der Waals surface area contributed by atoms with E-state index in [0.717, 1.165) is 18.7 Å². The Labute approximate surface area is 125 Å². The predicted octanol–water partition coefficient (Wildman–Crippen LogP) is 1.49. The number of benzene rings is 1.